The molecule has 2 N–H and O–H groups in total. The quantitative estimate of drug-likeness (QED) is 0.379. The molecule has 0 amide bonds. The Kier molecular flexibility index (Phi) is 4.27. The van der Waals surface area contributed by atoms with Crippen molar-refractivity contribution in [2.24, 2.45) is 0 Å². The molecule has 2 aromatic carbocycles. The number of fused-ring (bicyclic) bond motifs is 1. The van der Waals surface area contributed by atoms with Crippen LogP contribution in [0.1, 0.15) is 33.0 Å². The highest BCUT2D eigenvalue weighted by atomic mass is 16.6. The van der Waals surface area contributed by atoms with Crippen LogP contribution in [-0.2, 0) is 6.54 Å². The lowest BCUT2D eigenvalue weighted by Gasteiger charge is -2.27. The van der Waals surface area contributed by atoms with Gasteiger partial charge in [-0.1, -0.05) is 6.92 Å². The van der Waals surface area contributed by atoms with Gasteiger partial charge in [-0.3, -0.25) is 19.7 Å². The van der Waals surface area contributed by atoms with Crippen LogP contribution in [0, 0.1) is 10.1 Å². The maximum Gasteiger partial charge on any atom is 0.270 e. The summed E-state index contributed by atoms with van der Waals surface area (Å²) in [4.78, 5) is 34.0. The van der Waals surface area contributed by atoms with Crippen LogP contribution in [0.25, 0.3) is 11.0 Å². The molecular weight excluding hydrogens is 338 g/mol. The highest BCUT2D eigenvalue weighted by Crippen LogP contribution is 2.26. The Morgan fingerprint density at radius 3 is 2.50 bits per heavy atom. The van der Waals surface area contributed by atoms with Crippen molar-refractivity contribution in [1.82, 2.24) is 0 Å². The van der Waals surface area contributed by atoms with Gasteiger partial charge in [-0.2, -0.15) is 0 Å². The summed E-state index contributed by atoms with van der Waals surface area (Å²) in [7, 11) is 0. The Morgan fingerprint density at radius 2 is 1.85 bits per heavy atom. The molecule has 26 heavy (non-hydrogen) atoms. The van der Waals surface area contributed by atoms with Crippen molar-refractivity contribution in [3.05, 3.63) is 60.6 Å². The number of benzene rings is 1. The minimum absolute atomic E-state index is 0.0198. The van der Waals surface area contributed by atoms with Crippen LogP contribution in [0.15, 0.2) is 38.3 Å². The molecule has 3 rings (SSSR count). The molecule has 0 aliphatic carbocycles. The summed E-state index contributed by atoms with van der Waals surface area (Å²) in [6.07, 6.45) is 0.785. The zero-order chi connectivity index (χ0) is 19.1. The molecule has 0 radical (unpaired) electrons. The number of rotatable bonds is 7. The molecule has 8 nitrogen and oxygen atoms in total. The smallest absolute Gasteiger partial charge is 0.270 e. The van der Waals surface area contributed by atoms with E-state index in [1.54, 1.807) is 6.07 Å². The van der Waals surface area contributed by atoms with Gasteiger partial charge in [0.15, 0.2) is 0 Å². The van der Waals surface area contributed by atoms with Crippen molar-refractivity contribution in [1.29, 1.82) is 0 Å². The number of anilines is 2. The molecule has 0 spiro atoms. The predicted octanol–water partition coefficient (Wildman–Crippen LogP) is 3.15. The minimum atomic E-state index is -0.564. The van der Waals surface area contributed by atoms with E-state index in [0.717, 1.165) is 6.42 Å². The van der Waals surface area contributed by atoms with Gasteiger partial charge in [0.1, 0.15) is 22.7 Å². The minimum Gasteiger partial charge on any atom is -0.459 e. The third kappa shape index (κ3) is 3.17. The van der Waals surface area contributed by atoms with Gasteiger partial charge in [-0.05, 0) is 32.4 Å². The number of nitro benzene ring substituents is 1. The number of hydrogen-bond acceptors (Lipinski definition) is 7. The summed E-state index contributed by atoms with van der Waals surface area (Å²) < 4.78 is 5.62. The fourth-order valence-corrected chi connectivity index (χ4v) is 2.57. The second-order valence-electron chi connectivity index (χ2n) is 6.82. The number of nitrogens with one attached hydrogen (secondary N) is 2. The van der Waals surface area contributed by atoms with Gasteiger partial charge in [0, 0.05) is 23.1 Å². The monoisotopic (exact) mass is 357 g/mol. The second-order valence-corrected chi connectivity index (χ2v) is 6.82. The Hall–Kier alpha value is -3.16. The summed E-state index contributed by atoms with van der Waals surface area (Å²) in [5.41, 5.74) is -0.384. The highest BCUT2D eigenvalue weighted by Gasteiger charge is 2.26. The van der Waals surface area contributed by atoms with Gasteiger partial charge in [-0.15, -0.1) is 0 Å². The lowest BCUT2D eigenvalue weighted by molar-refractivity contribution is -0.384. The molecule has 1 aromatic heterocycles. The molecule has 0 aliphatic heterocycles. The molecule has 0 atom stereocenters. The largest absolute Gasteiger partial charge is 0.459 e. The Balaban J connectivity index is 1.79. The van der Waals surface area contributed by atoms with Crippen LogP contribution < -0.4 is 21.5 Å². The average Bonchev–Trinajstić information content (AvgIpc) is 3.02. The maximum absolute atomic E-state index is 11.8. The first kappa shape index (κ1) is 17.7. The fourth-order valence-electron chi connectivity index (χ4n) is 2.57. The van der Waals surface area contributed by atoms with Crippen molar-refractivity contribution >= 4 is 28.0 Å². The van der Waals surface area contributed by atoms with E-state index in [9.17, 15) is 19.7 Å². The highest BCUT2D eigenvalue weighted by molar-refractivity contribution is 5.81. The first-order valence-electron chi connectivity index (χ1n) is 8.24. The molecular formula is C18H19N3O5. The zero-order valence-electron chi connectivity index (χ0n) is 14.7. The van der Waals surface area contributed by atoms with Gasteiger partial charge in [0.25, 0.3) is 16.5 Å². The van der Waals surface area contributed by atoms with Gasteiger partial charge in [0.05, 0.1) is 11.5 Å². The van der Waals surface area contributed by atoms with Gasteiger partial charge < -0.3 is 15.1 Å². The van der Waals surface area contributed by atoms with Gasteiger partial charge >= 0.3 is 0 Å². The van der Waals surface area contributed by atoms with Crippen molar-refractivity contribution in [2.45, 2.75) is 39.3 Å². The SMILES string of the molecule is CCC(C)(C)Nc1c(NCc2cc3cc([N+](=O)[O-])ccc3o2)c(=O)c1=O. The Morgan fingerprint density at radius 1 is 1.15 bits per heavy atom. The number of nitro groups is 1. The van der Waals surface area contributed by atoms with E-state index < -0.39 is 15.8 Å². The molecule has 3 aromatic rings. The van der Waals surface area contributed by atoms with Crippen LogP contribution >= 0.6 is 0 Å². The zero-order valence-corrected chi connectivity index (χ0v) is 14.7. The molecule has 0 fully saturated rings. The molecule has 0 bridgehead atoms. The summed E-state index contributed by atoms with van der Waals surface area (Å²) >= 11 is 0. The predicted molar refractivity (Wildman–Crippen MR) is 99.5 cm³/mol. The number of nitrogens with zero attached hydrogens (tertiary/aromatic N) is 1. The van der Waals surface area contributed by atoms with E-state index >= 15 is 0 Å². The van der Waals surface area contributed by atoms with E-state index in [-0.39, 0.29) is 29.1 Å². The lowest BCUT2D eigenvalue weighted by Crippen LogP contribution is -2.42. The van der Waals surface area contributed by atoms with Crippen molar-refractivity contribution in [2.75, 3.05) is 10.6 Å². The Labute approximate surface area is 148 Å². The second kappa shape index (κ2) is 6.29. The third-order valence-electron chi connectivity index (χ3n) is 4.46. The molecule has 0 saturated heterocycles. The molecule has 0 aliphatic rings. The summed E-state index contributed by atoms with van der Waals surface area (Å²) in [6.45, 7) is 6.06. The van der Waals surface area contributed by atoms with Crippen LogP contribution in [0.4, 0.5) is 17.1 Å². The summed E-state index contributed by atoms with van der Waals surface area (Å²) in [6, 6.07) is 6.00. The van der Waals surface area contributed by atoms with E-state index in [4.69, 9.17) is 4.42 Å². The first-order chi connectivity index (χ1) is 12.2. The fraction of sp³-hybridized carbons (Fsp3) is 0.333. The van der Waals surface area contributed by atoms with Crippen LogP contribution in [-0.4, -0.2) is 10.5 Å². The van der Waals surface area contributed by atoms with Crippen molar-refractivity contribution in [3.63, 3.8) is 0 Å². The summed E-state index contributed by atoms with van der Waals surface area (Å²) in [5, 5.41) is 17.5. The molecule has 8 heteroatoms. The van der Waals surface area contributed by atoms with Crippen LogP contribution in [0.5, 0.6) is 0 Å². The van der Waals surface area contributed by atoms with E-state index in [0.29, 0.717) is 16.7 Å². The van der Waals surface area contributed by atoms with Crippen molar-refractivity contribution < 1.29 is 9.34 Å². The molecule has 136 valence electrons. The number of furan rings is 1. The third-order valence-corrected chi connectivity index (χ3v) is 4.46. The topological polar surface area (TPSA) is 114 Å². The molecule has 0 unspecified atom stereocenters. The number of non-ortho nitro benzene ring substituents is 1. The molecule has 0 saturated carbocycles. The van der Waals surface area contributed by atoms with Gasteiger partial charge in [-0.25, -0.2) is 0 Å². The van der Waals surface area contributed by atoms with Gasteiger partial charge in [0.2, 0.25) is 0 Å². The van der Waals surface area contributed by atoms with Crippen LogP contribution in [0.3, 0.4) is 0 Å². The van der Waals surface area contributed by atoms with E-state index in [2.05, 4.69) is 10.6 Å². The van der Waals surface area contributed by atoms with Crippen LogP contribution in [0.2, 0.25) is 0 Å². The Bertz CT molecular complexity index is 1060. The van der Waals surface area contributed by atoms with Crippen molar-refractivity contribution in [3.8, 4) is 0 Å². The normalized spacial score (nSPS) is 11.8. The first-order valence-corrected chi connectivity index (χ1v) is 8.24. The average molecular weight is 357 g/mol. The summed E-state index contributed by atoms with van der Waals surface area (Å²) in [5.74, 6) is 0.509. The standard InChI is InChI=1S/C18H19N3O5/c1-4-18(2,3)20-15-14(16(22)17(15)23)19-9-12-8-10-7-11(21(24)25)5-6-13(10)26-12/h5-8,19-20H,4,9H2,1-3H3. The van der Waals surface area contributed by atoms with E-state index in [1.807, 2.05) is 20.8 Å². The van der Waals surface area contributed by atoms with E-state index in [1.165, 1.54) is 18.2 Å². The lowest BCUT2D eigenvalue weighted by atomic mass is 10.0. The maximum atomic E-state index is 11.8. The molecule has 1 heterocycles. The number of hydrogen-bond donors (Lipinski definition) is 2.